The van der Waals surface area contributed by atoms with Gasteiger partial charge < -0.3 is 0 Å². The first-order valence-electron chi connectivity index (χ1n) is 8.60. The van der Waals surface area contributed by atoms with Gasteiger partial charge in [-0.05, 0) is 24.8 Å². The summed E-state index contributed by atoms with van der Waals surface area (Å²) in [5.41, 5.74) is 1.23. The molecule has 2 aliphatic rings. The second-order valence-electron chi connectivity index (χ2n) is 6.19. The van der Waals surface area contributed by atoms with Crippen LogP contribution in [0.25, 0.3) is 5.57 Å². The molecule has 0 aliphatic carbocycles. The Hall–Kier alpha value is -3.11. The van der Waals surface area contributed by atoms with Crippen LogP contribution in [0.5, 0.6) is 0 Å². The summed E-state index contributed by atoms with van der Waals surface area (Å²) in [6.45, 7) is 7.05. The van der Waals surface area contributed by atoms with Gasteiger partial charge in [0.05, 0.1) is 16.2 Å². The van der Waals surface area contributed by atoms with Crippen molar-refractivity contribution >= 4 is 62.4 Å². The monoisotopic (exact) mass is 425 g/mol. The van der Waals surface area contributed by atoms with Gasteiger partial charge >= 0.3 is 0 Å². The van der Waals surface area contributed by atoms with Crippen LogP contribution in [-0.2, 0) is 14.4 Å². The number of nitrogens with zero attached hydrogens (tertiary/aromatic N) is 5. The molecule has 1 saturated heterocycles. The van der Waals surface area contributed by atoms with Crippen molar-refractivity contribution < 1.29 is 14.4 Å². The number of anilines is 1. The van der Waals surface area contributed by atoms with Crippen LogP contribution in [0.3, 0.4) is 0 Å². The Bertz CT molecular complexity index is 1130. The van der Waals surface area contributed by atoms with Crippen molar-refractivity contribution in [3.05, 3.63) is 52.4 Å². The Morgan fingerprint density at radius 2 is 2.00 bits per heavy atom. The van der Waals surface area contributed by atoms with Gasteiger partial charge in [-0.3, -0.25) is 19.3 Å². The van der Waals surface area contributed by atoms with Gasteiger partial charge in [-0.1, -0.05) is 35.6 Å². The molecule has 1 fully saturated rings. The normalized spacial score (nSPS) is 20.0. The van der Waals surface area contributed by atoms with E-state index in [-0.39, 0.29) is 22.9 Å². The molecule has 0 spiro atoms. The average molecular weight is 425 g/mol. The zero-order chi connectivity index (χ0) is 20.7. The number of amidine groups is 1. The smallest absolute Gasteiger partial charge is 0.267 e. The fraction of sp³-hybridized carbons (Fsp3) is 0.158. The van der Waals surface area contributed by atoms with Crippen LogP contribution in [0.2, 0.25) is 0 Å². The number of hydrogen-bond donors (Lipinski definition) is 0. The highest BCUT2D eigenvalue weighted by Gasteiger charge is 2.43. The van der Waals surface area contributed by atoms with E-state index in [9.17, 15) is 14.4 Å². The number of aliphatic imine (C=N–C) groups is 1. The molecular weight excluding hydrogens is 410 g/mol. The lowest BCUT2D eigenvalue weighted by Crippen LogP contribution is -2.32. The number of carbonyl (C=O) groups excluding carboxylic acids is 3. The van der Waals surface area contributed by atoms with Crippen LogP contribution in [0.15, 0.2) is 46.8 Å². The average Bonchev–Trinajstić information content (AvgIpc) is 3.31. The molecule has 0 unspecified atom stereocenters. The number of para-hydroxylation sites is 1. The Kier molecular flexibility index (Phi) is 4.89. The Balaban J connectivity index is 1.86. The van der Waals surface area contributed by atoms with E-state index in [1.807, 2.05) is 6.92 Å². The summed E-state index contributed by atoms with van der Waals surface area (Å²) in [7, 11) is 0. The molecule has 10 heteroatoms. The lowest BCUT2D eigenvalue weighted by molar-refractivity contribution is -0.124. The summed E-state index contributed by atoms with van der Waals surface area (Å²) in [4.78, 5) is 45.5. The number of amides is 3. The second kappa shape index (κ2) is 7.37. The lowest BCUT2D eigenvalue weighted by Gasteiger charge is -2.12. The van der Waals surface area contributed by atoms with Crippen molar-refractivity contribution in [1.82, 2.24) is 15.1 Å². The van der Waals surface area contributed by atoms with Crippen molar-refractivity contribution in [3.63, 3.8) is 0 Å². The van der Waals surface area contributed by atoms with Gasteiger partial charge in [0.2, 0.25) is 11.0 Å². The third kappa shape index (κ3) is 3.19. The standard InChI is InChI=1S/C19H15N5O3S2/c1-4-9-23-17(27)15(29-19(23)20-18-22-21-10(2)28-18)14-12-7-5-6-8-13(12)24(11(3)25)16(14)26/h4-8H,1,9H2,2-3H3/b15-14-,20-19+. The van der Waals surface area contributed by atoms with E-state index in [1.54, 1.807) is 30.3 Å². The molecule has 0 atom stereocenters. The van der Waals surface area contributed by atoms with Gasteiger partial charge in [0, 0.05) is 19.0 Å². The van der Waals surface area contributed by atoms with E-state index in [4.69, 9.17) is 0 Å². The number of fused-ring (bicyclic) bond motifs is 1. The number of aryl methyl sites for hydroxylation is 1. The van der Waals surface area contributed by atoms with Crippen LogP contribution in [-0.4, -0.2) is 44.5 Å². The fourth-order valence-electron chi connectivity index (χ4n) is 3.09. The van der Waals surface area contributed by atoms with Gasteiger partial charge in [0.15, 0.2) is 5.17 Å². The summed E-state index contributed by atoms with van der Waals surface area (Å²) < 4.78 is 0. The van der Waals surface area contributed by atoms with Gasteiger partial charge in [-0.2, -0.15) is 4.99 Å². The minimum Gasteiger partial charge on any atom is -0.282 e. The van der Waals surface area contributed by atoms with E-state index >= 15 is 0 Å². The first kappa shape index (κ1) is 19.2. The molecule has 1 aromatic carbocycles. The first-order chi connectivity index (χ1) is 13.9. The molecule has 0 bridgehead atoms. The maximum absolute atomic E-state index is 13.2. The summed E-state index contributed by atoms with van der Waals surface area (Å²) in [5.74, 6) is -1.28. The highest BCUT2D eigenvalue weighted by atomic mass is 32.2. The van der Waals surface area contributed by atoms with Crippen molar-refractivity contribution in [2.24, 2.45) is 4.99 Å². The number of rotatable bonds is 3. The molecule has 2 aliphatic heterocycles. The summed E-state index contributed by atoms with van der Waals surface area (Å²) >= 11 is 2.39. The van der Waals surface area contributed by atoms with Crippen LogP contribution < -0.4 is 4.90 Å². The Morgan fingerprint density at radius 1 is 1.24 bits per heavy atom. The molecule has 4 rings (SSSR count). The van der Waals surface area contributed by atoms with E-state index in [0.29, 0.717) is 21.6 Å². The van der Waals surface area contributed by atoms with Crippen LogP contribution in [0.4, 0.5) is 10.8 Å². The maximum atomic E-state index is 13.2. The minimum atomic E-state index is -0.513. The van der Waals surface area contributed by atoms with E-state index in [0.717, 1.165) is 21.7 Å². The van der Waals surface area contributed by atoms with Crippen LogP contribution in [0.1, 0.15) is 17.5 Å². The number of thioether (sulfide) groups is 1. The largest absolute Gasteiger partial charge is 0.282 e. The van der Waals surface area contributed by atoms with Gasteiger partial charge in [-0.25, -0.2) is 4.90 Å². The third-order valence-corrected chi connectivity index (χ3v) is 6.06. The number of carbonyl (C=O) groups is 3. The SMILES string of the molecule is C=CCN1C(=O)/C(=C2/C(=O)N(C(C)=O)c3ccccc32)S/C1=N/c1nnc(C)s1. The number of benzene rings is 1. The highest BCUT2D eigenvalue weighted by Crippen LogP contribution is 2.45. The topological polar surface area (TPSA) is 95.8 Å². The molecule has 3 heterocycles. The van der Waals surface area contributed by atoms with Crippen molar-refractivity contribution in [3.8, 4) is 0 Å². The minimum absolute atomic E-state index is 0.207. The lowest BCUT2D eigenvalue weighted by atomic mass is 10.1. The quantitative estimate of drug-likeness (QED) is 0.554. The molecule has 146 valence electrons. The van der Waals surface area contributed by atoms with Crippen molar-refractivity contribution in [1.29, 1.82) is 0 Å². The first-order valence-corrected chi connectivity index (χ1v) is 10.2. The number of imide groups is 1. The zero-order valence-corrected chi connectivity index (χ0v) is 17.2. The summed E-state index contributed by atoms with van der Waals surface area (Å²) in [6.07, 6.45) is 1.58. The number of hydrogen-bond acceptors (Lipinski definition) is 8. The van der Waals surface area contributed by atoms with Crippen molar-refractivity contribution in [2.45, 2.75) is 13.8 Å². The predicted octanol–water partition coefficient (Wildman–Crippen LogP) is 2.90. The fourth-order valence-corrected chi connectivity index (χ4v) is 4.79. The molecule has 3 amide bonds. The van der Waals surface area contributed by atoms with Gasteiger partial charge in [0.1, 0.15) is 5.01 Å². The Labute approximate surface area is 174 Å². The van der Waals surface area contributed by atoms with Crippen LogP contribution >= 0.6 is 23.1 Å². The second-order valence-corrected chi connectivity index (χ2v) is 8.32. The highest BCUT2D eigenvalue weighted by molar-refractivity contribution is 8.18. The molecule has 0 N–H and O–H groups in total. The van der Waals surface area contributed by atoms with Gasteiger partial charge in [-0.15, -0.1) is 16.8 Å². The molecule has 1 aromatic heterocycles. The van der Waals surface area contributed by atoms with Crippen LogP contribution in [0, 0.1) is 6.92 Å². The maximum Gasteiger partial charge on any atom is 0.267 e. The summed E-state index contributed by atoms with van der Waals surface area (Å²) in [6, 6.07) is 6.93. The molecule has 2 aromatic rings. The van der Waals surface area contributed by atoms with Crippen molar-refractivity contribution in [2.75, 3.05) is 11.4 Å². The third-order valence-electron chi connectivity index (χ3n) is 4.26. The van der Waals surface area contributed by atoms with E-state index in [2.05, 4.69) is 21.8 Å². The van der Waals surface area contributed by atoms with Gasteiger partial charge in [0.25, 0.3) is 11.8 Å². The van der Waals surface area contributed by atoms with E-state index < -0.39 is 11.8 Å². The number of aromatic nitrogens is 2. The zero-order valence-electron chi connectivity index (χ0n) is 15.6. The molecule has 29 heavy (non-hydrogen) atoms. The summed E-state index contributed by atoms with van der Waals surface area (Å²) in [5, 5.41) is 9.47. The molecule has 8 nitrogen and oxygen atoms in total. The molecule has 0 saturated carbocycles. The predicted molar refractivity (Wildman–Crippen MR) is 113 cm³/mol. The Morgan fingerprint density at radius 3 is 2.66 bits per heavy atom. The van der Waals surface area contributed by atoms with E-state index in [1.165, 1.54) is 23.2 Å². The molecule has 0 radical (unpaired) electrons. The molecular formula is C19H15N5O3S2.